The fourth-order valence-corrected chi connectivity index (χ4v) is 5.23. The summed E-state index contributed by atoms with van der Waals surface area (Å²) in [4.78, 5) is 25.8. The molecular formula is C21H24N4O2S2. The lowest BCUT2D eigenvalue weighted by Gasteiger charge is -2.36. The van der Waals surface area contributed by atoms with E-state index >= 15 is 0 Å². The van der Waals surface area contributed by atoms with Crippen LogP contribution in [-0.2, 0) is 11.3 Å². The van der Waals surface area contributed by atoms with Crippen LogP contribution in [0.15, 0.2) is 35.8 Å². The molecule has 1 N–H and O–H groups in total. The molecule has 1 aliphatic rings. The monoisotopic (exact) mass is 428 g/mol. The number of ether oxygens (including phenoxy) is 1. The van der Waals surface area contributed by atoms with Crippen molar-refractivity contribution in [2.75, 3.05) is 18.0 Å². The van der Waals surface area contributed by atoms with Crippen LogP contribution in [0.25, 0.3) is 9.88 Å². The van der Waals surface area contributed by atoms with Crippen molar-refractivity contribution >= 4 is 34.4 Å². The van der Waals surface area contributed by atoms with Crippen molar-refractivity contribution < 1.29 is 9.53 Å². The van der Waals surface area contributed by atoms with Gasteiger partial charge in [-0.3, -0.25) is 4.79 Å². The molecule has 0 aliphatic carbocycles. The van der Waals surface area contributed by atoms with Crippen LogP contribution in [0.5, 0.6) is 0 Å². The molecule has 1 saturated heterocycles. The minimum absolute atomic E-state index is 0.0947. The first-order valence-electron chi connectivity index (χ1n) is 9.64. The van der Waals surface area contributed by atoms with Gasteiger partial charge in [-0.15, -0.1) is 22.7 Å². The van der Waals surface area contributed by atoms with Gasteiger partial charge in [-0.1, -0.05) is 12.1 Å². The van der Waals surface area contributed by atoms with Gasteiger partial charge in [0, 0.05) is 25.8 Å². The Morgan fingerprint density at radius 3 is 2.72 bits per heavy atom. The number of morpholine rings is 1. The third-order valence-electron chi connectivity index (χ3n) is 4.74. The average molecular weight is 429 g/mol. The zero-order chi connectivity index (χ0) is 20.4. The molecule has 3 aromatic heterocycles. The fraction of sp³-hybridized carbons (Fsp3) is 0.381. The van der Waals surface area contributed by atoms with Crippen molar-refractivity contribution in [3.05, 3.63) is 52.0 Å². The van der Waals surface area contributed by atoms with Crippen LogP contribution in [0, 0.1) is 6.92 Å². The normalized spacial score (nSPS) is 19.3. The molecule has 29 heavy (non-hydrogen) atoms. The minimum atomic E-state index is -0.0947. The summed E-state index contributed by atoms with van der Waals surface area (Å²) in [6.07, 6.45) is 2.22. The number of thiazole rings is 1. The number of amides is 1. The number of pyridine rings is 1. The highest BCUT2D eigenvalue weighted by Gasteiger charge is 2.23. The first-order valence-corrected chi connectivity index (χ1v) is 11.3. The molecule has 0 spiro atoms. The Kier molecular flexibility index (Phi) is 5.94. The average Bonchev–Trinajstić information content (AvgIpc) is 3.35. The highest BCUT2D eigenvalue weighted by atomic mass is 32.1. The summed E-state index contributed by atoms with van der Waals surface area (Å²) >= 11 is 3.06. The van der Waals surface area contributed by atoms with E-state index in [4.69, 9.17) is 4.74 Å². The van der Waals surface area contributed by atoms with E-state index < -0.39 is 0 Å². The van der Waals surface area contributed by atoms with Crippen molar-refractivity contribution in [2.24, 2.45) is 0 Å². The fourth-order valence-electron chi connectivity index (χ4n) is 3.45. The van der Waals surface area contributed by atoms with Crippen LogP contribution in [-0.4, -0.2) is 41.2 Å². The number of thiophene rings is 1. The Bertz CT molecular complexity index is 959. The molecule has 1 amide bonds. The quantitative estimate of drug-likeness (QED) is 0.662. The molecule has 1 fully saturated rings. The molecule has 4 rings (SSSR count). The zero-order valence-electron chi connectivity index (χ0n) is 16.7. The van der Waals surface area contributed by atoms with Gasteiger partial charge in [0.25, 0.3) is 5.91 Å². The van der Waals surface area contributed by atoms with Crippen LogP contribution in [0.2, 0.25) is 0 Å². The summed E-state index contributed by atoms with van der Waals surface area (Å²) in [5, 5.41) is 5.90. The lowest BCUT2D eigenvalue weighted by molar-refractivity contribution is -0.00546. The van der Waals surface area contributed by atoms with E-state index in [9.17, 15) is 4.79 Å². The molecular weight excluding hydrogens is 404 g/mol. The minimum Gasteiger partial charge on any atom is -0.372 e. The number of nitrogens with zero attached hydrogens (tertiary/aromatic N) is 3. The molecule has 0 saturated carbocycles. The van der Waals surface area contributed by atoms with E-state index in [0.29, 0.717) is 11.4 Å². The van der Waals surface area contributed by atoms with Gasteiger partial charge in [0.1, 0.15) is 15.7 Å². The Morgan fingerprint density at radius 2 is 2.07 bits per heavy atom. The smallest absolute Gasteiger partial charge is 0.263 e. The van der Waals surface area contributed by atoms with Crippen molar-refractivity contribution in [3.8, 4) is 9.88 Å². The third kappa shape index (κ3) is 4.66. The Labute approximate surface area is 178 Å². The molecule has 0 radical (unpaired) electrons. The topological polar surface area (TPSA) is 67.4 Å². The van der Waals surface area contributed by atoms with Gasteiger partial charge >= 0.3 is 0 Å². The van der Waals surface area contributed by atoms with Crippen molar-refractivity contribution in [1.82, 2.24) is 15.3 Å². The van der Waals surface area contributed by atoms with Crippen LogP contribution in [0.4, 0.5) is 5.82 Å². The number of rotatable bonds is 5. The van der Waals surface area contributed by atoms with Crippen LogP contribution in [0.3, 0.4) is 0 Å². The second-order valence-corrected chi connectivity index (χ2v) is 9.23. The molecule has 6 nitrogen and oxygen atoms in total. The van der Waals surface area contributed by atoms with Gasteiger partial charge in [-0.25, -0.2) is 9.97 Å². The predicted octanol–water partition coefficient (Wildman–Crippen LogP) is 4.12. The molecule has 3 aromatic rings. The van der Waals surface area contributed by atoms with Gasteiger partial charge < -0.3 is 15.0 Å². The van der Waals surface area contributed by atoms with Gasteiger partial charge in [0.2, 0.25) is 0 Å². The Balaban J connectivity index is 1.37. The SMILES string of the molecule is Cc1nc(-c2cccs2)sc1C(=O)NCc1ccc(N2CC(C)OC(C)C2)nc1. The molecule has 2 atom stereocenters. The molecule has 0 aromatic carbocycles. The molecule has 1 aliphatic heterocycles. The van der Waals surface area contributed by atoms with Crippen molar-refractivity contribution in [2.45, 2.75) is 39.5 Å². The largest absolute Gasteiger partial charge is 0.372 e. The number of aromatic nitrogens is 2. The third-order valence-corrected chi connectivity index (χ3v) is 6.94. The zero-order valence-corrected chi connectivity index (χ0v) is 18.3. The van der Waals surface area contributed by atoms with Crippen LogP contribution < -0.4 is 10.2 Å². The maximum atomic E-state index is 12.6. The Hall–Kier alpha value is -2.29. The second kappa shape index (κ2) is 8.61. The number of aryl methyl sites for hydroxylation is 1. The van der Waals surface area contributed by atoms with Gasteiger partial charge in [0.05, 0.1) is 22.8 Å². The predicted molar refractivity (Wildman–Crippen MR) is 118 cm³/mol. The first-order chi connectivity index (χ1) is 14.0. The molecule has 152 valence electrons. The number of hydrogen-bond donors (Lipinski definition) is 1. The summed E-state index contributed by atoms with van der Waals surface area (Å²) in [5.74, 6) is 0.851. The van der Waals surface area contributed by atoms with E-state index in [1.165, 1.54) is 11.3 Å². The van der Waals surface area contributed by atoms with Crippen molar-refractivity contribution in [3.63, 3.8) is 0 Å². The number of nitrogens with one attached hydrogen (secondary N) is 1. The number of carbonyl (C=O) groups is 1. The maximum absolute atomic E-state index is 12.6. The van der Waals surface area contributed by atoms with Gasteiger partial charge in [0.15, 0.2) is 0 Å². The molecule has 2 unspecified atom stereocenters. The summed E-state index contributed by atoms with van der Waals surface area (Å²) in [6, 6.07) is 8.04. The number of hydrogen-bond acceptors (Lipinski definition) is 7. The van der Waals surface area contributed by atoms with E-state index in [1.54, 1.807) is 11.3 Å². The highest BCUT2D eigenvalue weighted by molar-refractivity contribution is 7.22. The molecule has 4 heterocycles. The van der Waals surface area contributed by atoms with E-state index in [2.05, 4.69) is 34.0 Å². The van der Waals surface area contributed by atoms with E-state index in [0.717, 1.165) is 40.0 Å². The first kappa shape index (κ1) is 20.0. The second-order valence-electron chi connectivity index (χ2n) is 7.28. The standard InChI is InChI=1S/C21H24N4O2S2/c1-13-11-25(12-14(2)27-13)18-7-6-16(9-22-18)10-23-20(26)19-15(3)24-21(29-19)17-5-4-8-28-17/h4-9,13-14H,10-12H2,1-3H3,(H,23,26). The molecule has 8 heteroatoms. The summed E-state index contributed by atoms with van der Waals surface area (Å²) in [7, 11) is 0. The summed E-state index contributed by atoms with van der Waals surface area (Å²) < 4.78 is 5.78. The summed E-state index contributed by atoms with van der Waals surface area (Å²) in [6.45, 7) is 8.15. The van der Waals surface area contributed by atoms with Gasteiger partial charge in [-0.2, -0.15) is 0 Å². The Morgan fingerprint density at radius 1 is 1.28 bits per heavy atom. The molecule has 0 bridgehead atoms. The lowest BCUT2D eigenvalue weighted by atomic mass is 10.2. The maximum Gasteiger partial charge on any atom is 0.263 e. The number of carbonyl (C=O) groups excluding carboxylic acids is 1. The van der Waals surface area contributed by atoms with E-state index in [1.807, 2.05) is 42.8 Å². The lowest BCUT2D eigenvalue weighted by Crippen LogP contribution is -2.45. The van der Waals surface area contributed by atoms with Crippen molar-refractivity contribution in [1.29, 1.82) is 0 Å². The summed E-state index contributed by atoms with van der Waals surface area (Å²) in [5.41, 5.74) is 1.73. The van der Waals surface area contributed by atoms with Gasteiger partial charge in [-0.05, 0) is 43.8 Å². The van der Waals surface area contributed by atoms with E-state index in [-0.39, 0.29) is 18.1 Å². The van der Waals surface area contributed by atoms with Crippen LogP contribution in [0.1, 0.15) is 34.8 Å². The highest BCUT2D eigenvalue weighted by Crippen LogP contribution is 2.31. The van der Waals surface area contributed by atoms with Crippen LogP contribution >= 0.6 is 22.7 Å². The number of anilines is 1.